The Morgan fingerprint density at radius 2 is 1.61 bits per heavy atom. The molecular formula is C12H21N5O5S. The molecule has 0 bridgehead atoms. The van der Waals surface area contributed by atoms with Crippen molar-refractivity contribution < 1.29 is 24.0 Å². The number of hydrogen-bond acceptors (Lipinski definition) is 7. The van der Waals surface area contributed by atoms with Crippen molar-refractivity contribution in [2.75, 3.05) is 38.2 Å². The van der Waals surface area contributed by atoms with Crippen molar-refractivity contribution in [3.05, 3.63) is 0 Å². The second kappa shape index (κ2) is 12.4. The minimum Gasteiger partial charge on any atom is -0.368 e. The van der Waals surface area contributed by atoms with Crippen molar-refractivity contribution in [3.63, 3.8) is 0 Å². The number of amides is 4. The van der Waals surface area contributed by atoms with Gasteiger partial charge in [0.2, 0.25) is 23.6 Å². The van der Waals surface area contributed by atoms with Crippen LogP contribution in [-0.2, 0) is 24.0 Å². The predicted octanol–water partition coefficient (Wildman–Crippen LogP) is -3.66. The number of carbonyl (C=O) groups is 5. The Bertz CT molecular complexity index is 446. The number of rotatable bonds is 12. The van der Waals surface area contributed by atoms with Gasteiger partial charge in [0.15, 0.2) is 0 Å². The molecule has 4 amide bonds. The van der Waals surface area contributed by atoms with Crippen molar-refractivity contribution in [2.24, 2.45) is 5.73 Å². The lowest BCUT2D eigenvalue weighted by Gasteiger charge is -2.15. The van der Waals surface area contributed by atoms with Gasteiger partial charge >= 0.3 is 0 Å². The normalized spacial score (nSPS) is 11.2. The molecule has 0 aromatic heterocycles. The van der Waals surface area contributed by atoms with Crippen LogP contribution in [0.15, 0.2) is 0 Å². The maximum atomic E-state index is 11.8. The van der Waals surface area contributed by atoms with E-state index in [1.54, 1.807) is 7.05 Å². The molecule has 0 aliphatic carbocycles. The fraction of sp³-hybridized carbons (Fsp3) is 0.583. The van der Waals surface area contributed by atoms with Crippen LogP contribution in [0.25, 0.3) is 0 Å². The molecule has 0 aliphatic heterocycles. The number of primary amides is 1. The van der Waals surface area contributed by atoms with Crippen LogP contribution >= 0.6 is 11.8 Å². The van der Waals surface area contributed by atoms with Crippen LogP contribution < -0.4 is 27.0 Å². The Morgan fingerprint density at radius 3 is 2.13 bits per heavy atom. The fourth-order valence-corrected chi connectivity index (χ4v) is 2.09. The number of likely N-dealkylation sites (N-methyl/N-ethyl adjacent to an activating group) is 1. The molecule has 1 atom stereocenters. The highest BCUT2D eigenvalue weighted by Crippen LogP contribution is 2.00. The Balaban J connectivity index is 3.97. The first-order chi connectivity index (χ1) is 10.9. The van der Waals surface area contributed by atoms with Crippen LogP contribution in [0, 0.1) is 0 Å². The van der Waals surface area contributed by atoms with E-state index < -0.39 is 23.8 Å². The number of hydrogen-bond donors (Lipinski definition) is 5. The summed E-state index contributed by atoms with van der Waals surface area (Å²) in [6, 6.07) is -0.536. The van der Waals surface area contributed by atoms with Crippen LogP contribution in [-0.4, -0.2) is 74.1 Å². The van der Waals surface area contributed by atoms with Gasteiger partial charge in [0.1, 0.15) is 6.29 Å². The SMILES string of the molecule is CN[C@H](CSCC=O)C(=O)NCC(=O)NCC(=O)NCC(N)=O. The second-order valence-corrected chi connectivity index (χ2v) is 5.36. The van der Waals surface area contributed by atoms with Crippen LogP contribution in [0.1, 0.15) is 0 Å². The number of thioether (sulfide) groups is 1. The van der Waals surface area contributed by atoms with Gasteiger partial charge in [-0.15, -0.1) is 0 Å². The van der Waals surface area contributed by atoms with E-state index in [0.29, 0.717) is 5.75 Å². The first-order valence-corrected chi connectivity index (χ1v) is 7.84. The maximum absolute atomic E-state index is 11.8. The van der Waals surface area contributed by atoms with Gasteiger partial charge in [0.05, 0.1) is 25.7 Å². The highest BCUT2D eigenvalue weighted by molar-refractivity contribution is 7.99. The molecule has 130 valence electrons. The van der Waals surface area contributed by atoms with E-state index >= 15 is 0 Å². The zero-order valence-electron chi connectivity index (χ0n) is 12.7. The second-order valence-electron chi connectivity index (χ2n) is 4.28. The van der Waals surface area contributed by atoms with E-state index in [-0.39, 0.29) is 31.3 Å². The average molecular weight is 347 g/mol. The largest absolute Gasteiger partial charge is 0.368 e. The monoisotopic (exact) mass is 347 g/mol. The van der Waals surface area contributed by atoms with Gasteiger partial charge in [-0.3, -0.25) is 19.2 Å². The standard InChI is InChI=1S/C12H21N5O5S/c1-14-8(7-23-3-2-18)12(22)17-6-11(21)16-5-10(20)15-4-9(13)19/h2,8,14H,3-7H2,1H3,(H2,13,19)(H,15,20)(H,16,21)(H,17,22)/t8-/m1/s1. The third-order valence-corrected chi connectivity index (χ3v) is 3.41. The molecule has 10 nitrogen and oxygen atoms in total. The maximum Gasteiger partial charge on any atom is 0.239 e. The first kappa shape index (κ1) is 20.9. The van der Waals surface area contributed by atoms with E-state index in [1.807, 2.05) is 0 Å². The Kier molecular flexibility index (Phi) is 11.3. The summed E-state index contributed by atoms with van der Waals surface area (Å²) in [5.41, 5.74) is 4.85. The van der Waals surface area contributed by atoms with Crippen LogP contribution in [0.4, 0.5) is 0 Å². The van der Waals surface area contributed by atoms with E-state index in [2.05, 4.69) is 21.3 Å². The van der Waals surface area contributed by atoms with Gasteiger partial charge in [-0.05, 0) is 7.05 Å². The van der Waals surface area contributed by atoms with E-state index in [1.165, 1.54) is 11.8 Å². The molecule has 0 unspecified atom stereocenters. The topological polar surface area (TPSA) is 159 Å². The summed E-state index contributed by atoms with van der Waals surface area (Å²) in [6.45, 7) is -0.932. The molecule has 0 fully saturated rings. The minimum absolute atomic E-state index is 0.284. The number of nitrogens with two attached hydrogens (primary N) is 1. The van der Waals surface area contributed by atoms with Crippen molar-refractivity contribution in [3.8, 4) is 0 Å². The molecule has 0 aromatic carbocycles. The van der Waals surface area contributed by atoms with Crippen molar-refractivity contribution in [1.29, 1.82) is 0 Å². The summed E-state index contributed by atoms with van der Waals surface area (Å²) < 4.78 is 0. The summed E-state index contributed by atoms with van der Waals surface area (Å²) in [5, 5.41) is 9.67. The van der Waals surface area contributed by atoms with Gasteiger partial charge in [0, 0.05) is 11.5 Å². The van der Waals surface area contributed by atoms with Gasteiger partial charge in [-0.2, -0.15) is 11.8 Å². The zero-order chi connectivity index (χ0) is 17.7. The molecule has 0 rings (SSSR count). The van der Waals surface area contributed by atoms with E-state index in [9.17, 15) is 24.0 Å². The molecule has 0 aliphatic rings. The molecule has 0 radical (unpaired) electrons. The Labute approximate surface area is 137 Å². The lowest BCUT2D eigenvalue weighted by atomic mass is 10.3. The summed E-state index contributed by atoms with van der Waals surface area (Å²) in [5.74, 6) is -1.53. The number of nitrogens with one attached hydrogen (secondary N) is 4. The molecule has 0 saturated heterocycles. The number of carbonyl (C=O) groups excluding carboxylic acids is 5. The summed E-state index contributed by atoms with van der Waals surface area (Å²) in [4.78, 5) is 55.2. The van der Waals surface area contributed by atoms with Gasteiger partial charge in [0.25, 0.3) is 0 Å². The van der Waals surface area contributed by atoms with Gasteiger partial charge in [-0.25, -0.2) is 0 Å². The molecule has 0 saturated carbocycles. The summed E-state index contributed by atoms with van der Waals surface area (Å²) >= 11 is 1.29. The smallest absolute Gasteiger partial charge is 0.239 e. The highest BCUT2D eigenvalue weighted by atomic mass is 32.2. The summed E-state index contributed by atoms with van der Waals surface area (Å²) in [6.07, 6.45) is 0.742. The van der Waals surface area contributed by atoms with Crippen LogP contribution in [0.2, 0.25) is 0 Å². The third kappa shape index (κ3) is 11.1. The van der Waals surface area contributed by atoms with Crippen molar-refractivity contribution in [2.45, 2.75) is 6.04 Å². The van der Waals surface area contributed by atoms with Crippen molar-refractivity contribution in [1.82, 2.24) is 21.3 Å². The van der Waals surface area contributed by atoms with Gasteiger partial charge < -0.3 is 31.8 Å². The van der Waals surface area contributed by atoms with Gasteiger partial charge in [-0.1, -0.05) is 0 Å². The van der Waals surface area contributed by atoms with Crippen molar-refractivity contribution >= 4 is 41.7 Å². The molecule has 23 heavy (non-hydrogen) atoms. The summed E-state index contributed by atoms with van der Waals surface area (Å²) in [7, 11) is 1.59. The molecule has 0 heterocycles. The molecule has 0 spiro atoms. The lowest BCUT2D eigenvalue weighted by molar-refractivity contribution is -0.128. The Hall–Kier alpha value is -2.14. The van der Waals surface area contributed by atoms with E-state index in [0.717, 1.165) is 6.29 Å². The van der Waals surface area contributed by atoms with Crippen LogP contribution in [0.3, 0.4) is 0 Å². The first-order valence-electron chi connectivity index (χ1n) is 6.68. The molecular weight excluding hydrogens is 326 g/mol. The zero-order valence-corrected chi connectivity index (χ0v) is 13.5. The average Bonchev–Trinajstić information content (AvgIpc) is 2.52. The van der Waals surface area contributed by atoms with E-state index in [4.69, 9.17) is 5.73 Å². The number of aldehydes is 1. The lowest BCUT2D eigenvalue weighted by Crippen LogP contribution is -2.48. The molecule has 0 aromatic rings. The predicted molar refractivity (Wildman–Crippen MR) is 84.5 cm³/mol. The Morgan fingerprint density at radius 1 is 1.04 bits per heavy atom. The fourth-order valence-electron chi connectivity index (χ4n) is 1.30. The molecule has 6 N–H and O–H groups in total. The quantitative estimate of drug-likeness (QED) is 0.180. The minimum atomic E-state index is -0.692. The van der Waals surface area contributed by atoms with Crippen LogP contribution in [0.5, 0.6) is 0 Å². The highest BCUT2D eigenvalue weighted by Gasteiger charge is 2.17. The molecule has 11 heteroatoms. The third-order valence-electron chi connectivity index (χ3n) is 2.46.